The van der Waals surface area contributed by atoms with Crippen molar-refractivity contribution in [2.24, 2.45) is 0 Å². The quantitative estimate of drug-likeness (QED) is 0.197. The maximum absolute atomic E-state index is 13.3. The third kappa shape index (κ3) is 7.67. The number of hydrogen-bond acceptors (Lipinski definition) is 4. The third-order valence-electron chi connectivity index (χ3n) is 8.57. The van der Waals surface area contributed by atoms with Crippen LogP contribution in [0.4, 0.5) is 0 Å². The van der Waals surface area contributed by atoms with E-state index in [2.05, 4.69) is 24.3 Å². The van der Waals surface area contributed by atoms with Gasteiger partial charge in [-0.15, -0.1) is 0 Å². The summed E-state index contributed by atoms with van der Waals surface area (Å²) in [5.41, 5.74) is 7.77. The van der Waals surface area contributed by atoms with Crippen LogP contribution in [0.25, 0.3) is 0 Å². The SMILES string of the molecule is Cc1cc(C)cc(C(O)(c2cc(C)cc(C)c2)[C@@H]2OC(C)(C)O[C@H]2C(O)(c2cc(C)cc(C)c2)c2cc(C)cc(C)c2)c1.[Cl][Ti][Cl]. The molecule has 0 aromatic heterocycles. The average molecular weight is 698 g/mol. The first-order valence-corrected chi connectivity index (χ1v) is 19.8. The van der Waals surface area contributed by atoms with Crippen LogP contribution < -0.4 is 0 Å². The first-order chi connectivity index (χ1) is 21.4. The molecule has 46 heavy (non-hydrogen) atoms. The van der Waals surface area contributed by atoms with Gasteiger partial charge in [0.15, 0.2) is 5.79 Å². The van der Waals surface area contributed by atoms with Gasteiger partial charge in [0.25, 0.3) is 0 Å². The van der Waals surface area contributed by atoms with Gasteiger partial charge in [-0.2, -0.15) is 0 Å². The Labute approximate surface area is 291 Å². The van der Waals surface area contributed by atoms with Gasteiger partial charge in [-0.1, -0.05) is 117 Å². The van der Waals surface area contributed by atoms with Gasteiger partial charge < -0.3 is 19.7 Å². The molecule has 4 aromatic carbocycles. The van der Waals surface area contributed by atoms with Gasteiger partial charge in [-0.25, -0.2) is 0 Å². The molecule has 5 rings (SSSR count). The zero-order valence-electron chi connectivity index (χ0n) is 28.5. The third-order valence-corrected chi connectivity index (χ3v) is 8.57. The number of halogens is 2. The second-order valence-corrected chi connectivity index (χ2v) is 16.2. The van der Waals surface area contributed by atoms with Crippen LogP contribution in [0, 0.1) is 55.4 Å². The molecular weight excluding hydrogens is 651 g/mol. The number of aryl methyl sites for hydroxylation is 8. The Morgan fingerprint density at radius 1 is 0.478 bits per heavy atom. The molecule has 1 aliphatic rings. The van der Waals surface area contributed by atoms with E-state index < -0.39 is 46.2 Å². The first-order valence-electron chi connectivity index (χ1n) is 15.5. The van der Waals surface area contributed by atoms with Gasteiger partial charge in [-0.05, 0) is 91.5 Å². The predicted molar refractivity (Wildman–Crippen MR) is 185 cm³/mol. The van der Waals surface area contributed by atoms with Crippen LogP contribution in [0.1, 0.15) is 80.6 Å². The van der Waals surface area contributed by atoms with Crippen LogP contribution in [-0.4, -0.2) is 28.2 Å². The van der Waals surface area contributed by atoms with E-state index in [9.17, 15) is 10.2 Å². The van der Waals surface area contributed by atoms with Crippen molar-refractivity contribution in [2.75, 3.05) is 0 Å². The maximum atomic E-state index is 13.3. The van der Waals surface area contributed by atoms with E-state index in [1.807, 2.05) is 118 Å². The van der Waals surface area contributed by atoms with Crippen molar-refractivity contribution in [3.63, 3.8) is 0 Å². The summed E-state index contributed by atoms with van der Waals surface area (Å²) in [4.78, 5) is 0. The van der Waals surface area contributed by atoms with Gasteiger partial charge in [0, 0.05) is 0 Å². The molecule has 0 spiro atoms. The van der Waals surface area contributed by atoms with Crippen molar-refractivity contribution in [3.8, 4) is 0 Å². The first kappa shape index (κ1) is 36.8. The fraction of sp³-hybridized carbons (Fsp3) is 0.385. The van der Waals surface area contributed by atoms with Crippen LogP contribution in [0.15, 0.2) is 72.8 Å². The second-order valence-electron chi connectivity index (χ2n) is 13.6. The Morgan fingerprint density at radius 3 is 0.826 bits per heavy atom. The summed E-state index contributed by atoms with van der Waals surface area (Å²) in [7, 11) is 9.78. The normalized spacial score (nSPS) is 17.8. The van der Waals surface area contributed by atoms with Crippen molar-refractivity contribution >= 4 is 18.6 Å². The summed E-state index contributed by atoms with van der Waals surface area (Å²) in [5.74, 6) is -1.09. The molecule has 244 valence electrons. The minimum absolute atomic E-state index is 0.556. The van der Waals surface area contributed by atoms with Crippen LogP contribution in [-0.2, 0) is 37.7 Å². The standard InChI is InChI=1S/C39H46O4.2ClH.Ti/c1-23-11-24(2)16-31(15-23)38(40,32-17-25(3)12-26(4)18-32)35-36(43-37(9,10)42-35)39(41,33-19-27(5)13-28(6)20-33)34-21-29(7)14-30(8)22-34;;;/h11-22,35-36,40-41H,1-10H3;2*1H;/q;;;+2/p-2/t35-,36-;;;/m1.../s1. The molecule has 0 unspecified atom stereocenters. The molecule has 1 saturated heterocycles. The van der Waals surface area contributed by atoms with Crippen molar-refractivity contribution in [2.45, 2.75) is 98.4 Å². The van der Waals surface area contributed by atoms with Gasteiger partial charge in [-0.3, -0.25) is 0 Å². The number of rotatable bonds is 6. The molecular formula is C39H46Cl2O4Ti. The molecule has 1 fully saturated rings. The van der Waals surface area contributed by atoms with E-state index in [1.54, 1.807) is 0 Å². The molecule has 1 heterocycles. The van der Waals surface area contributed by atoms with Gasteiger partial charge in [0.1, 0.15) is 23.4 Å². The fourth-order valence-electron chi connectivity index (χ4n) is 7.14. The number of benzene rings is 4. The number of hydrogen-bond donors (Lipinski definition) is 2. The molecule has 0 radical (unpaired) electrons. The predicted octanol–water partition coefficient (Wildman–Crippen LogP) is 9.22. The van der Waals surface area contributed by atoms with Crippen molar-refractivity contribution in [1.82, 2.24) is 0 Å². The van der Waals surface area contributed by atoms with E-state index in [-0.39, 0.29) is 0 Å². The summed E-state index contributed by atoms with van der Waals surface area (Å²) in [6.07, 6.45) is -1.95. The molecule has 2 N–H and O–H groups in total. The summed E-state index contributed by atoms with van der Waals surface area (Å²) >= 11 is -0.556. The fourth-order valence-corrected chi connectivity index (χ4v) is 7.14. The van der Waals surface area contributed by atoms with Crippen LogP contribution in [0.3, 0.4) is 0 Å². The Bertz CT molecular complexity index is 1410. The Kier molecular flexibility index (Phi) is 11.4. The summed E-state index contributed by atoms with van der Waals surface area (Å²) < 4.78 is 13.5. The molecule has 1 aliphatic heterocycles. The van der Waals surface area contributed by atoms with Crippen LogP contribution >= 0.6 is 18.6 Å². The van der Waals surface area contributed by atoms with E-state index in [0.717, 1.165) is 44.5 Å². The topological polar surface area (TPSA) is 58.9 Å². The van der Waals surface area contributed by atoms with Crippen molar-refractivity contribution in [1.29, 1.82) is 0 Å². The Morgan fingerprint density at radius 2 is 0.652 bits per heavy atom. The minimum atomic E-state index is -1.66. The zero-order chi connectivity index (χ0) is 34.2. The van der Waals surface area contributed by atoms with Crippen LogP contribution in [0.2, 0.25) is 0 Å². The Balaban J connectivity index is 0.00000154. The van der Waals surface area contributed by atoms with Gasteiger partial charge >= 0.3 is 35.6 Å². The summed E-state index contributed by atoms with van der Waals surface area (Å²) in [6.45, 7) is 20.0. The molecule has 0 aliphatic carbocycles. The summed E-state index contributed by atoms with van der Waals surface area (Å²) in [6, 6.07) is 24.5. The van der Waals surface area contributed by atoms with Gasteiger partial charge in [0.05, 0.1) is 0 Å². The molecule has 0 saturated carbocycles. The summed E-state index contributed by atoms with van der Waals surface area (Å²) in [5, 5.41) is 26.6. The van der Waals surface area contributed by atoms with E-state index in [4.69, 9.17) is 28.1 Å². The number of ether oxygens (including phenoxy) is 2. The van der Waals surface area contributed by atoms with Crippen molar-refractivity contribution < 1.29 is 36.7 Å². The number of aliphatic hydroxyl groups is 2. The van der Waals surface area contributed by atoms with Gasteiger partial charge in [0.2, 0.25) is 0 Å². The van der Waals surface area contributed by atoms with E-state index in [0.29, 0.717) is 22.3 Å². The molecule has 7 heteroatoms. The molecule has 4 aromatic rings. The molecule has 4 nitrogen and oxygen atoms in total. The van der Waals surface area contributed by atoms with E-state index in [1.165, 1.54) is 0 Å². The van der Waals surface area contributed by atoms with Crippen LogP contribution in [0.5, 0.6) is 0 Å². The van der Waals surface area contributed by atoms with E-state index >= 15 is 0 Å². The van der Waals surface area contributed by atoms with Crippen molar-refractivity contribution in [3.05, 3.63) is 140 Å². The zero-order valence-corrected chi connectivity index (χ0v) is 31.6. The average Bonchev–Trinajstić information content (AvgIpc) is 3.26. The monoisotopic (exact) mass is 696 g/mol. The molecule has 2 atom stereocenters. The Hall–Kier alpha value is -1.99. The molecule has 0 amide bonds. The second kappa shape index (κ2) is 14.2. The molecule has 0 bridgehead atoms.